The third-order valence-corrected chi connectivity index (χ3v) is 2.93. The first-order valence-electron chi connectivity index (χ1n) is 6.34. The number of nitrogens with two attached hydrogens (primary N) is 1. The topological polar surface area (TPSA) is 84.7 Å². The number of carbonyl (C=O) groups excluding carboxylic acids is 2. The summed E-state index contributed by atoms with van der Waals surface area (Å²) in [5.74, 6) is -0.0166. The lowest BCUT2D eigenvalue weighted by Crippen LogP contribution is -2.45. The SMILES string of the molecule is CC(NC(=O)COc1ccc(C(N)=S)cc1)C(=O)N(C)C. The number of rotatable bonds is 6. The standard InChI is InChI=1S/C14H19N3O3S/c1-9(14(19)17(2)3)16-12(18)8-20-11-6-4-10(5-7-11)13(15)21/h4-7,9H,8H2,1-3H3,(H2,15,21)(H,16,18). The third kappa shape index (κ3) is 5.39. The molecule has 0 aromatic heterocycles. The van der Waals surface area contributed by atoms with E-state index in [2.05, 4.69) is 5.32 Å². The molecule has 0 spiro atoms. The number of benzene rings is 1. The van der Waals surface area contributed by atoms with Crippen LogP contribution in [0.3, 0.4) is 0 Å². The Balaban J connectivity index is 2.46. The molecule has 7 heteroatoms. The van der Waals surface area contributed by atoms with E-state index in [4.69, 9.17) is 22.7 Å². The van der Waals surface area contributed by atoms with E-state index in [1.54, 1.807) is 45.3 Å². The Bertz CT molecular complexity index is 529. The number of ether oxygens (including phenoxy) is 1. The van der Waals surface area contributed by atoms with E-state index in [9.17, 15) is 9.59 Å². The Labute approximate surface area is 129 Å². The van der Waals surface area contributed by atoms with E-state index in [1.165, 1.54) is 4.90 Å². The lowest BCUT2D eigenvalue weighted by molar-refractivity contribution is -0.134. The summed E-state index contributed by atoms with van der Waals surface area (Å²) in [5.41, 5.74) is 6.21. The highest BCUT2D eigenvalue weighted by atomic mass is 32.1. The van der Waals surface area contributed by atoms with Gasteiger partial charge in [-0.3, -0.25) is 9.59 Å². The summed E-state index contributed by atoms with van der Waals surface area (Å²) in [6, 6.07) is 6.20. The monoisotopic (exact) mass is 309 g/mol. The van der Waals surface area contributed by atoms with Crippen LogP contribution in [-0.4, -0.2) is 48.4 Å². The van der Waals surface area contributed by atoms with Gasteiger partial charge in [0.25, 0.3) is 5.91 Å². The number of nitrogens with one attached hydrogen (secondary N) is 1. The first kappa shape index (κ1) is 16.9. The van der Waals surface area contributed by atoms with Crippen molar-refractivity contribution in [2.75, 3.05) is 20.7 Å². The van der Waals surface area contributed by atoms with Crippen molar-refractivity contribution in [3.8, 4) is 5.75 Å². The molecule has 0 aliphatic heterocycles. The van der Waals surface area contributed by atoms with Crippen molar-refractivity contribution in [2.45, 2.75) is 13.0 Å². The molecule has 0 heterocycles. The summed E-state index contributed by atoms with van der Waals surface area (Å²) in [6.07, 6.45) is 0. The summed E-state index contributed by atoms with van der Waals surface area (Å²) in [6.45, 7) is 1.45. The smallest absolute Gasteiger partial charge is 0.258 e. The van der Waals surface area contributed by atoms with Crippen LogP contribution < -0.4 is 15.8 Å². The molecule has 21 heavy (non-hydrogen) atoms. The average molecular weight is 309 g/mol. The molecule has 1 atom stereocenters. The molecule has 3 N–H and O–H groups in total. The summed E-state index contributed by atoms with van der Waals surface area (Å²) < 4.78 is 5.32. The molecule has 114 valence electrons. The van der Waals surface area contributed by atoms with Gasteiger partial charge in [-0.1, -0.05) is 12.2 Å². The fourth-order valence-corrected chi connectivity index (χ4v) is 1.73. The molecular weight excluding hydrogens is 290 g/mol. The third-order valence-electron chi connectivity index (χ3n) is 2.70. The number of hydrogen-bond donors (Lipinski definition) is 2. The van der Waals surface area contributed by atoms with Gasteiger partial charge in [-0.05, 0) is 31.2 Å². The Hall–Kier alpha value is -2.15. The zero-order valence-electron chi connectivity index (χ0n) is 12.3. The van der Waals surface area contributed by atoms with Gasteiger partial charge in [0, 0.05) is 19.7 Å². The van der Waals surface area contributed by atoms with Gasteiger partial charge in [0.05, 0.1) is 0 Å². The molecule has 0 saturated carbocycles. The van der Waals surface area contributed by atoms with Gasteiger partial charge in [0.15, 0.2) is 6.61 Å². The van der Waals surface area contributed by atoms with Gasteiger partial charge in [0.1, 0.15) is 16.8 Å². The highest BCUT2D eigenvalue weighted by Crippen LogP contribution is 2.11. The fraction of sp³-hybridized carbons (Fsp3) is 0.357. The zero-order chi connectivity index (χ0) is 16.0. The van der Waals surface area contributed by atoms with Crippen molar-refractivity contribution >= 4 is 29.0 Å². The van der Waals surface area contributed by atoms with E-state index >= 15 is 0 Å². The number of likely N-dealkylation sites (N-methyl/N-ethyl adjacent to an activating group) is 1. The number of hydrogen-bond acceptors (Lipinski definition) is 4. The molecule has 0 aliphatic carbocycles. The molecule has 0 aliphatic rings. The van der Waals surface area contributed by atoms with Gasteiger partial charge in [0.2, 0.25) is 5.91 Å². The predicted molar refractivity (Wildman–Crippen MR) is 84.1 cm³/mol. The minimum atomic E-state index is -0.590. The maximum atomic E-state index is 11.7. The molecule has 1 unspecified atom stereocenters. The molecule has 1 aromatic rings. The van der Waals surface area contributed by atoms with Crippen LogP contribution in [0.15, 0.2) is 24.3 Å². The van der Waals surface area contributed by atoms with Crippen molar-refractivity contribution in [3.05, 3.63) is 29.8 Å². The fourth-order valence-electron chi connectivity index (χ4n) is 1.60. The second-order valence-electron chi connectivity index (χ2n) is 4.70. The highest BCUT2D eigenvalue weighted by Gasteiger charge is 2.17. The lowest BCUT2D eigenvalue weighted by Gasteiger charge is -2.18. The van der Waals surface area contributed by atoms with E-state index < -0.39 is 6.04 Å². The molecule has 0 fully saturated rings. The second kappa shape index (κ2) is 7.58. The molecule has 1 aromatic carbocycles. The van der Waals surface area contributed by atoms with Crippen LogP contribution >= 0.6 is 12.2 Å². The van der Waals surface area contributed by atoms with Crippen LogP contribution in [0.2, 0.25) is 0 Å². The van der Waals surface area contributed by atoms with Gasteiger partial charge < -0.3 is 20.7 Å². The Morgan fingerprint density at radius 3 is 2.38 bits per heavy atom. The quantitative estimate of drug-likeness (QED) is 0.738. The molecular formula is C14H19N3O3S. The van der Waals surface area contributed by atoms with Crippen molar-refractivity contribution in [1.29, 1.82) is 0 Å². The molecule has 1 rings (SSSR count). The van der Waals surface area contributed by atoms with Crippen molar-refractivity contribution < 1.29 is 14.3 Å². The average Bonchev–Trinajstić information content (AvgIpc) is 2.44. The maximum Gasteiger partial charge on any atom is 0.258 e. The number of nitrogens with zero attached hydrogens (tertiary/aromatic N) is 1. The van der Waals surface area contributed by atoms with E-state index in [0.29, 0.717) is 10.7 Å². The van der Waals surface area contributed by atoms with E-state index in [0.717, 1.165) is 5.56 Å². The maximum absolute atomic E-state index is 11.7. The van der Waals surface area contributed by atoms with Crippen LogP contribution in [0.5, 0.6) is 5.75 Å². The molecule has 0 radical (unpaired) electrons. The van der Waals surface area contributed by atoms with Crippen LogP contribution in [0.1, 0.15) is 12.5 Å². The van der Waals surface area contributed by atoms with Gasteiger partial charge >= 0.3 is 0 Å². The first-order valence-corrected chi connectivity index (χ1v) is 6.75. The van der Waals surface area contributed by atoms with Gasteiger partial charge in [-0.15, -0.1) is 0 Å². The van der Waals surface area contributed by atoms with Gasteiger partial charge in [-0.25, -0.2) is 0 Å². The van der Waals surface area contributed by atoms with Crippen molar-refractivity contribution in [1.82, 2.24) is 10.2 Å². The normalized spacial score (nSPS) is 11.4. The Morgan fingerprint density at radius 2 is 1.90 bits per heavy atom. The zero-order valence-corrected chi connectivity index (χ0v) is 13.1. The highest BCUT2D eigenvalue weighted by molar-refractivity contribution is 7.80. The minimum Gasteiger partial charge on any atom is -0.484 e. The number of thiocarbonyl (C=S) groups is 1. The van der Waals surface area contributed by atoms with Crippen LogP contribution in [0, 0.1) is 0 Å². The number of carbonyl (C=O) groups is 2. The summed E-state index contributed by atoms with van der Waals surface area (Å²) in [7, 11) is 3.26. The largest absolute Gasteiger partial charge is 0.484 e. The van der Waals surface area contributed by atoms with Crippen molar-refractivity contribution in [2.24, 2.45) is 5.73 Å². The van der Waals surface area contributed by atoms with Crippen LogP contribution in [0.25, 0.3) is 0 Å². The summed E-state index contributed by atoms with van der Waals surface area (Å²) >= 11 is 4.84. The van der Waals surface area contributed by atoms with E-state index in [1.807, 2.05) is 0 Å². The molecule has 0 bridgehead atoms. The van der Waals surface area contributed by atoms with Crippen LogP contribution in [-0.2, 0) is 9.59 Å². The summed E-state index contributed by atoms with van der Waals surface area (Å²) in [4.78, 5) is 25.0. The predicted octanol–water partition coefficient (Wildman–Crippen LogP) is 0.292. The first-order chi connectivity index (χ1) is 9.81. The molecule has 0 saturated heterocycles. The molecule has 2 amide bonds. The Morgan fingerprint density at radius 1 is 1.33 bits per heavy atom. The summed E-state index contributed by atoms with van der Waals surface area (Å²) in [5, 5.41) is 2.56. The van der Waals surface area contributed by atoms with E-state index in [-0.39, 0.29) is 18.4 Å². The van der Waals surface area contributed by atoms with Gasteiger partial charge in [-0.2, -0.15) is 0 Å². The lowest BCUT2D eigenvalue weighted by atomic mass is 10.2. The molecule has 6 nitrogen and oxygen atoms in total. The minimum absolute atomic E-state index is 0.169. The second-order valence-corrected chi connectivity index (χ2v) is 5.14. The number of amides is 2. The Kier molecular flexibility index (Phi) is 6.10. The van der Waals surface area contributed by atoms with Crippen LogP contribution in [0.4, 0.5) is 0 Å². The van der Waals surface area contributed by atoms with Crippen molar-refractivity contribution in [3.63, 3.8) is 0 Å².